The highest BCUT2D eigenvalue weighted by molar-refractivity contribution is 6.32. The number of aromatic nitrogens is 2. The van der Waals surface area contributed by atoms with E-state index in [1.54, 1.807) is 24.3 Å². The second kappa shape index (κ2) is 14.9. The number of hydrogen-bond donors (Lipinski definition) is 1. The van der Waals surface area contributed by atoms with Crippen LogP contribution in [0.2, 0.25) is 5.02 Å². The Morgan fingerprint density at radius 2 is 1.81 bits per heavy atom. The molecule has 2 aromatic rings. The molecule has 1 unspecified atom stereocenters. The van der Waals surface area contributed by atoms with Gasteiger partial charge in [0.15, 0.2) is 5.82 Å². The van der Waals surface area contributed by atoms with E-state index in [0.29, 0.717) is 31.7 Å². The summed E-state index contributed by atoms with van der Waals surface area (Å²) in [6.45, 7) is 7.18. The number of amides is 1. The summed E-state index contributed by atoms with van der Waals surface area (Å²) in [6.07, 6.45) is -5.75. The second-order valence-electron chi connectivity index (χ2n) is 9.94. The summed E-state index contributed by atoms with van der Waals surface area (Å²) < 4.78 is 47.5. The molecule has 1 aliphatic heterocycles. The van der Waals surface area contributed by atoms with E-state index in [1.807, 2.05) is 24.8 Å². The maximum absolute atomic E-state index is 13.1. The third-order valence-electron chi connectivity index (χ3n) is 6.16. The van der Waals surface area contributed by atoms with E-state index < -0.39 is 30.2 Å². The van der Waals surface area contributed by atoms with Crippen molar-refractivity contribution in [1.82, 2.24) is 25.2 Å². The van der Waals surface area contributed by atoms with Gasteiger partial charge in [-0.1, -0.05) is 37.6 Å². The van der Waals surface area contributed by atoms with Crippen molar-refractivity contribution >= 4 is 35.3 Å². The number of carbonyl (C=O) groups excluding carboxylic acids is 3. The van der Waals surface area contributed by atoms with Crippen LogP contribution in [0.4, 0.5) is 19.0 Å². The molecule has 0 bridgehead atoms. The first-order valence-corrected chi connectivity index (χ1v) is 13.7. The van der Waals surface area contributed by atoms with Crippen molar-refractivity contribution < 1.29 is 37.0 Å². The highest BCUT2D eigenvalue weighted by Crippen LogP contribution is 2.23. The zero-order valence-corrected chi connectivity index (χ0v) is 24.5. The molecule has 1 fully saturated rings. The number of hydrogen-bond acceptors (Lipinski definition) is 11. The number of esters is 2. The monoisotopic (exact) mass is 625 g/mol. The quantitative estimate of drug-likeness (QED) is 0.291. The Labute approximate surface area is 251 Å². The fraction of sp³-hybridized carbons (Fsp3) is 0.481. The number of rotatable bonds is 11. The second-order valence-corrected chi connectivity index (χ2v) is 10.3. The van der Waals surface area contributed by atoms with Gasteiger partial charge in [-0.15, -0.1) is 0 Å². The van der Waals surface area contributed by atoms with Crippen LogP contribution in [0.15, 0.2) is 30.5 Å². The summed E-state index contributed by atoms with van der Waals surface area (Å²) in [5.41, 5.74) is 4.01. The Morgan fingerprint density at radius 3 is 2.37 bits per heavy atom. The number of piperazine rings is 1. The van der Waals surface area contributed by atoms with Gasteiger partial charge in [0, 0.05) is 44.8 Å². The molecule has 0 radical (unpaired) electrons. The average molecular weight is 626 g/mol. The van der Waals surface area contributed by atoms with Gasteiger partial charge in [0.2, 0.25) is 5.82 Å². The summed E-state index contributed by atoms with van der Waals surface area (Å²) in [7, 11) is 0. The van der Waals surface area contributed by atoms with E-state index in [9.17, 15) is 27.6 Å². The third kappa shape index (κ3) is 9.50. The standard InChI is InChI=1S/C27H31ClF3N7O5/c1-4-42-25(40)24(43-26(41)27(29,30)31)37-11-9-36(10-12-37)16-18-5-7-19(8-6-18)23(39)35-38(15-17(2)3)22-20(28)14-33-21(13-32)34-22/h5-8,14,17,24H,4,9-12,15-16H2,1-3H3,(H,35,39). The number of nitrogens with one attached hydrogen (secondary N) is 1. The summed E-state index contributed by atoms with van der Waals surface area (Å²) in [5, 5.41) is 10.8. The van der Waals surface area contributed by atoms with Crippen LogP contribution < -0.4 is 10.4 Å². The first-order valence-electron chi connectivity index (χ1n) is 13.3. The lowest BCUT2D eigenvalue weighted by Gasteiger charge is -2.37. The molecule has 232 valence electrons. The molecule has 1 saturated heterocycles. The maximum atomic E-state index is 13.1. The Morgan fingerprint density at radius 1 is 1.16 bits per heavy atom. The van der Waals surface area contributed by atoms with Gasteiger partial charge in [-0.25, -0.2) is 14.6 Å². The number of alkyl halides is 3. The minimum Gasteiger partial charge on any atom is -0.462 e. The summed E-state index contributed by atoms with van der Waals surface area (Å²) in [6, 6.07) is 8.68. The SMILES string of the molecule is CCOC(=O)C(OC(=O)C(F)(F)F)N1CCN(Cc2ccc(C(=O)NN(CC(C)C)c3nc(C#N)ncc3Cl)cc2)CC1. The molecule has 1 aromatic heterocycles. The van der Waals surface area contributed by atoms with Crippen LogP contribution in [0.25, 0.3) is 0 Å². The molecule has 2 heterocycles. The number of nitriles is 1. The van der Waals surface area contributed by atoms with Crippen LogP contribution in [0.3, 0.4) is 0 Å². The molecule has 1 N–H and O–H groups in total. The number of halogens is 4. The highest BCUT2D eigenvalue weighted by atomic mass is 35.5. The van der Waals surface area contributed by atoms with Gasteiger partial charge in [-0.3, -0.25) is 25.0 Å². The van der Waals surface area contributed by atoms with Crippen molar-refractivity contribution in [2.45, 2.75) is 39.7 Å². The van der Waals surface area contributed by atoms with Crippen LogP contribution >= 0.6 is 11.6 Å². The number of nitrogens with zero attached hydrogens (tertiary/aromatic N) is 6. The Balaban J connectivity index is 1.61. The molecule has 1 aromatic carbocycles. The van der Waals surface area contributed by atoms with Crippen molar-refractivity contribution in [3.05, 3.63) is 52.4 Å². The topological polar surface area (TPSA) is 141 Å². The van der Waals surface area contributed by atoms with E-state index >= 15 is 0 Å². The smallest absolute Gasteiger partial charge is 0.462 e. The molecule has 3 rings (SSSR count). The molecule has 0 saturated carbocycles. The van der Waals surface area contributed by atoms with Crippen molar-refractivity contribution in [3.63, 3.8) is 0 Å². The predicted octanol–water partition coefficient (Wildman–Crippen LogP) is 2.92. The molecular formula is C27H31ClF3N7O5. The molecule has 0 aliphatic carbocycles. The highest BCUT2D eigenvalue weighted by Gasteiger charge is 2.45. The van der Waals surface area contributed by atoms with E-state index in [4.69, 9.17) is 21.6 Å². The lowest BCUT2D eigenvalue weighted by molar-refractivity contribution is -0.218. The largest absolute Gasteiger partial charge is 0.491 e. The fourth-order valence-corrected chi connectivity index (χ4v) is 4.36. The maximum Gasteiger partial charge on any atom is 0.491 e. The van der Waals surface area contributed by atoms with Crippen molar-refractivity contribution in [3.8, 4) is 6.07 Å². The molecule has 0 spiro atoms. The number of ether oxygens (including phenoxy) is 2. The minimum absolute atomic E-state index is 0.0842. The van der Waals surface area contributed by atoms with Crippen molar-refractivity contribution in [2.75, 3.05) is 44.3 Å². The van der Waals surface area contributed by atoms with Gasteiger partial charge in [0.25, 0.3) is 12.1 Å². The molecular weight excluding hydrogens is 595 g/mol. The summed E-state index contributed by atoms with van der Waals surface area (Å²) >= 11 is 6.25. The predicted molar refractivity (Wildman–Crippen MR) is 147 cm³/mol. The van der Waals surface area contributed by atoms with Gasteiger partial charge >= 0.3 is 18.1 Å². The van der Waals surface area contributed by atoms with Crippen LogP contribution in [-0.4, -0.2) is 89.3 Å². The molecule has 16 heteroatoms. The molecule has 1 atom stereocenters. The first-order chi connectivity index (χ1) is 20.3. The Kier molecular flexibility index (Phi) is 11.6. The van der Waals surface area contributed by atoms with Crippen LogP contribution in [0.1, 0.15) is 42.5 Å². The fourth-order valence-electron chi connectivity index (χ4n) is 4.17. The van der Waals surface area contributed by atoms with Gasteiger partial charge in [0.1, 0.15) is 11.1 Å². The van der Waals surface area contributed by atoms with Crippen LogP contribution in [0, 0.1) is 17.2 Å². The van der Waals surface area contributed by atoms with Gasteiger partial charge in [-0.05, 0) is 30.5 Å². The zero-order valence-electron chi connectivity index (χ0n) is 23.7. The van der Waals surface area contributed by atoms with E-state index in [0.717, 1.165) is 5.56 Å². The Hall–Kier alpha value is -4.00. The zero-order chi connectivity index (χ0) is 31.7. The molecule has 43 heavy (non-hydrogen) atoms. The first kappa shape index (κ1) is 33.5. The lowest BCUT2D eigenvalue weighted by Crippen LogP contribution is -2.55. The lowest BCUT2D eigenvalue weighted by atomic mass is 10.1. The van der Waals surface area contributed by atoms with Crippen LogP contribution in [-0.2, 0) is 25.6 Å². The van der Waals surface area contributed by atoms with Crippen LogP contribution in [0.5, 0.6) is 0 Å². The molecule has 1 aliphatic rings. The third-order valence-corrected chi connectivity index (χ3v) is 6.43. The number of benzene rings is 1. The van der Waals surface area contributed by atoms with Crippen molar-refractivity contribution in [2.24, 2.45) is 5.92 Å². The number of carbonyl (C=O) groups is 3. The summed E-state index contributed by atoms with van der Waals surface area (Å²) in [4.78, 5) is 48.0. The van der Waals surface area contributed by atoms with E-state index in [1.165, 1.54) is 23.0 Å². The average Bonchev–Trinajstić information content (AvgIpc) is 2.96. The molecule has 12 nitrogen and oxygen atoms in total. The van der Waals surface area contributed by atoms with Gasteiger partial charge in [0.05, 0.1) is 12.8 Å². The minimum atomic E-state index is -5.24. The Bertz CT molecular complexity index is 1330. The summed E-state index contributed by atoms with van der Waals surface area (Å²) in [5.74, 6) is -3.73. The van der Waals surface area contributed by atoms with Gasteiger partial charge < -0.3 is 9.47 Å². The normalized spacial score (nSPS) is 15.0. The number of hydrazine groups is 1. The number of anilines is 1. The van der Waals surface area contributed by atoms with E-state index in [-0.39, 0.29) is 42.3 Å². The molecule has 1 amide bonds. The van der Waals surface area contributed by atoms with Gasteiger partial charge in [-0.2, -0.15) is 23.4 Å². The van der Waals surface area contributed by atoms with Crippen molar-refractivity contribution in [1.29, 1.82) is 5.26 Å². The van der Waals surface area contributed by atoms with E-state index in [2.05, 4.69) is 20.1 Å².